The van der Waals surface area contributed by atoms with Crippen LogP contribution in [0.4, 0.5) is 5.82 Å². The van der Waals surface area contributed by atoms with Crippen molar-refractivity contribution in [3.8, 4) is 17.0 Å². The Bertz CT molecular complexity index is 538. The first-order valence-corrected chi connectivity index (χ1v) is 6.55. The summed E-state index contributed by atoms with van der Waals surface area (Å²) in [6, 6.07) is 7.98. The van der Waals surface area contributed by atoms with Crippen molar-refractivity contribution in [3.05, 3.63) is 36.2 Å². The molecule has 0 saturated heterocycles. The quantitative estimate of drug-likeness (QED) is 0.893. The lowest BCUT2D eigenvalue weighted by Crippen LogP contribution is -2.03. The molecule has 0 aliphatic heterocycles. The molecule has 0 radical (unpaired) electrons. The van der Waals surface area contributed by atoms with Crippen molar-refractivity contribution >= 4 is 5.82 Å². The number of rotatable bonds is 5. The van der Waals surface area contributed by atoms with E-state index < -0.39 is 0 Å². The van der Waals surface area contributed by atoms with Crippen molar-refractivity contribution in [1.29, 1.82) is 0 Å². The summed E-state index contributed by atoms with van der Waals surface area (Å²) < 4.78 is 5.44. The summed E-state index contributed by atoms with van der Waals surface area (Å²) in [5.41, 5.74) is 3.09. The molecule has 0 bridgehead atoms. The SMILES string of the molecule is CCNc1ncnc(-c2ccc(OCC)cc2)c1C. The average molecular weight is 257 g/mol. The Morgan fingerprint density at radius 1 is 1.11 bits per heavy atom. The van der Waals surface area contributed by atoms with E-state index in [1.165, 1.54) is 0 Å². The van der Waals surface area contributed by atoms with E-state index >= 15 is 0 Å². The lowest BCUT2D eigenvalue weighted by Gasteiger charge is -2.10. The summed E-state index contributed by atoms with van der Waals surface area (Å²) in [5, 5.41) is 3.24. The Balaban J connectivity index is 2.33. The Labute approximate surface area is 113 Å². The highest BCUT2D eigenvalue weighted by atomic mass is 16.5. The number of nitrogens with zero attached hydrogens (tertiary/aromatic N) is 2. The number of aromatic nitrogens is 2. The molecule has 4 heteroatoms. The maximum absolute atomic E-state index is 5.44. The van der Waals surface area contributed by atoms with Gasteiger partial charge in [-0.05, 0) is 45.0 Å². The van der Waals surface area contributed by atoms with Crippen LogP contribution in [0.3, 0.4) is 0 Å². The van der Waals surface area contributed by atoms with E-state index in [9.17, 15) is 0 Å². The maximum atomic E-state index is 5.44. The standard InChI is InChI=1S/C15H19N3O/c1-4-16-15-11(3)14(17-10-18-15)12-6-8-13(9-7-12)19-5-2/h6-10H,4-5H2,1-3H3,(H,16,17,18). The lowest BCUT2D eigenvalue weighted by atomic mass is 10.1. The molecule has 2 aromatic rings. The number of ether oxygens (including phenoxy) is 1. The predicted molar refractivity (Wildman–Crippen MR) is 77.5 cm³/mol. The fourth-order valence-electron chi connectivity index (χ4n) is 1.96. The van der Waals surface area contributed by atoms with Crippen LogP contribution < -0.4 is 10.1 Å². The molecule has 1 heterocycles. The Morgan fingerprint density at radius 2 is 1.84 bits per heavy atom. The van der Waals surface area contributed by atoms with E-state index in [1.54, 1.807) is 6.33 Å². The molecule has 0 aliphatic carbocycles. The maximum Gasteiger partial charge on any atom is 0.132 e. The lowest BCUT2D eigenvalue weighted by molar-refractivity contribution is 0.340. The van der Waals surface area contributed by atoms with Gasteiger partial charge in [-0.25, -0.2) is 9.97 Å². The van der Waals surface area contributed by atoms with Crippen molar-refractivity contribution < 1.29 is 4.74 Å². The average Bonchev–Trinajstić information content (AvgIpc) is 2.43. The third-order valence-electron chi connectivity index (χ3n) is 2.87. The van der Waals surface area contributed by atoms with Gasteiger partial charge >= 0.3 is 0 Å². The van der Waals surface area contributed by atoms with Gasteiger partial charge in [0.15, 0.2) is 0 Å². The van der Waals surface area contributed by atoms with Gasteiger partial charge in [0.25, 0.3) is 0 Å². The first-order valence-electron chi connectivity index (χ1n) is 6.55. The minimum atomic E-state index is 0.677. The van der Waals surface area contributed by atoms with Crippen LogP contribution in [0.5, 0.6) is 5.75 Å². The molecule has 0 unspecified atom stereocenters. The van der Waals surface area contributed by atoms with Crippen LogP contribution in [-0.4, -0.2) is 23.1 Å². The van der Waals surface area contributed by atoms with E-state index in [-0.39, 0.29) is 0 Å². The highest BCUT2D eigenvalue weighted by Crippen LogP contribution is 2.26. The fraction of sp³-hybridized carbons (Fsp3) is 0.333. The van der Waals surface area contributed by atoms with Crippen molar-refractivity contribution in [2.75, 3.05) is 18.5 Å². The van der Waals surface area contributed by atoms with Crippen LogP contribution in [0.25, 0.3) is 11.3 Å². The third kappa shape index (κ3) is 3.02. The van der Waals surface area contributed by atoms with Gasteiger partial charge in [0.05, 0.1) is 12.3 Å². The number of anilines is 1. The topological polar surface area (TPSA) is 47.0 Å². The second-order valence-corrected chi connectivity index (χ2v) is 4.18. The van der Waals surface area contributed by atoms with Gasteiger partial charge < -0.3 is 10.1 Å². The zero-order valence-corrected chi connectivity index (χ0v) is 11.6. The number of nitrogens with one attached hydrogen (secondary N) is 1. The molecular weight excluding hydrogens is 238 g/mol. The van der Waals surface area contributed by atoms with Gasteiger partial charge in [-0.2, -0.15) is 0 Å². The summed E-state index contributed by atoms with van der Waals surface area (Å²) >= 11 is 0. The van der Waals surface area contributed by atoms with Crippen molar-refractivity contribution in [3.63, 3.8) is 0 Å². The van der Waals surface area contributed by atoms with Gasteiger partial charge in [-0.1, -0.05) is 0 Å². The Kier molecular flexibility index (Phi) is 4.34. The molecular formula is C15H19N3O. The number of benzene rings is 1. The van der Waals surface area contributed by atoms with Crippen LogP contribution in [0.15, 0.2) is 30.6 Å². The number of hydrogen-bond acceptors (Lipinski definition) is 4. The predicted octanol–water partition coefficient (Wildman–Crippen LogP) is 3.28. The van der Waals surface area contributed by atoms with Gasteiger partial charge in [0.1, 0.15) is 17.9 Å². The molecule has 0 amide bonds. The van der Waals surface area contributed by atoms with Crippen molar-refractivity contribution in [2.24, 2.45) is 0 Å². The normalized spacial score (nSPS) is 10.3. The molecule has 1 aromatic heterocycles. The Morgan fingerprint density at radius 3 is 2.47 bits per heavy atom. The van der Waals surface area contributed by atoms with Crippen LogP contribution in [-0.2, 0) is 0 Å². The van der Waals surface area contributed by atoms with Crippen molar-refractivity contribution in [1.82, 2.24) is 9.97 Å². The molecule has 1 N–H and O–H groups in total. The molecule has 0 aliphatic rings. The summed E-state index contributed by atoms with van der Waals surface area (Å²) in [7, 11) is 0. The van der Waals surface area contributed by atoms with Crippen LogP contribution in [0.1, 0.15) is 19.4 Å². The van der Waals surface area contributed by atoms with E-state index in [4.69, 9.17) is 4.74 Å². The molecule has 19 heavy (non-hydrogen) atoms. The van der Waals surface area contributed by atoms with Gasteiger partial charge in [0.2, 0.25) is 0 Å². The number of hydrogen-bond donors (Lipinski definition) is 1. The summed E-state index contributed by atoms with van der Waals surface area (Å²) in [4.78, 5) is 8.63. The first kappa shape index (κ1) is 13.3. The molecule has 100 valence electrons. The molecule has 0 fully saturated rings. The molecule has 2 rings (SSSR count). The summed E-state index contributed by atoms with van der Waals surface area (Å²) in [5.74, 6) is 1.77. The highest BCUT2D eigenvalue weighted by Gasteiger charge is 2.08. The van der Waals surface area contributed by atoms with Crippen LogP contribution >= 0.6 is 0 Å². The highest BCUT2D eigenvalue weighted by molar-refractivity contribution is 5.68. The van der Waals surface area contributed by atoms with E-state index in [2.05, 4.69) is 22.2 Å². The molecule has 0 saturated carbocycles. The van der Waals surface area contributed by atoms with E-state index in [0.29, 0.717) is 6.61 Å². The summed E-state index contributed by atoms with van der Waals surface area (Å²) in [6.45, 7) is 7.59. The smallest absolute Gasteiger partial charge is 0.132 e. The van der Waals surface area contributed by atoms with Gasteiger partial charge in [-0.3, -0.25) is 0 Å². The second kappa shape index (κ2) is 6.18. The zero-order chi connectivity index (χ0) is 13.7. The first-order chi connectivity index (χ1) is 9.26. The van der Waals surface area contributed by atoms with Crippen LogP contribution in [0, 0.1) is 6.92 Å². The van der Waals surface area contributed by atoms with Crippen molar-refractivity contribution in [2.45, 2.75) is 20.8 Å². The van der Waals surface area contributed by atoms with Crippen LogP contribution in [0.2, 0.25) is 0 Å². The minimum Gasteiger partial charge on any atom is -0.494 e. The van der Waals surface area contributed by atoms with Gasteiger partial charge in [0, 0.05) is 17.7 Å². The molecule has 4 nitrogen and oxygen atoms in total. The Hall–Kier alpha value is -2.10. The zero-order valence-electron chi connectivity index (χ0n) is 11.6. The van der Waals surface area contributed by atoms with E-state index in [0.717, 1.165) is 34.9 Å². The molecule has 0 atom stereocenters. The summed E-state index contributed by atoms with van der Waals surface area (Å²) in [6.07, 6.45) is 1.59. The van der Waals surface area contributed by atoms with Gasteiger partial charge in [-0.15, -0.1) is 0 Å². The molecule has 1 aromatic carbocycles. The minimum absolute atomic E-state index is 0.677. The second-order valence-electron chi connectivity index (χ2n) is 4.18. The third-order valence-corrected chi connectivity index (χ3v) is 2.87. The van der Waals surface area contributed by atoms with E-state index in [1.807, 2.05) is 38.1 Å². The fourth-order valence-corrected chi connectivity index (χ4v) is 1.96. The molecule has 0 spiro atoms. The largest absolute Gasteiger partial charge is 0.494 e. The monoisotopic (exact) mass is 257 g/mol.